The third-order valence-corrected chi connectivity index (χ3v) is 4.71. The van der Waals surface area contributed by atoms with Crippen molar-refractivity contribution >= 4 is 16.9 Å². The number of nitrogens with one attached hydrogen (secondary N) is 1. The number of aromatic amines is 1. The summed E-state index contributed by atoms with van der Waals surface area (Å²) in [5, 5.41) is 1.24. The Morgan fingerprint density at radius 1 is 1.18 bits per heavy atom. The zero-order valence-corrected chi connectivity index (χ0v) is 16.6. The number of aryl methyl sites for hydroxylation is 1. The van der Waals surface area contributed by atoms with E-state index in [1.807, 2.05) is 18.2 Å². The molecular formula is C25H25NO2. The molecule has 2 aromatic carbocycles. The maximum Gasteiger partial charge on any atom is 0.337 e. The van der Waals surface area contributed by atoms with Crippen molar-refractivity contribution in [1.29, 1.82) is 0 Å². The lowest BCUT2D eigenvalue weighted by Crippen LogP contribution is -2.00. The van der Waals surface area contributed by atoms with Gasteiger partial charge in [-0.1, -0.05) is 66.8 Å². The Bertz CT molecular complexity index is 1070. The summed E-state index contributed by atoms with van der Waals surface area (Å²) in [5.74, 6) is -0.416. The lowest BCUT2D eigenvalue weighted by atomic mass is 9.98. The molecular weight excluding hydrogens is 346 g/mol. The van der Waals surface area contributed by atoms with E-state index < -0.39 is 5.97 Å². The van der Waals surface area contributed by atoms with Crippen molar-refractivity contribution in [3.05, 3.63) is 95.6 Å². The minimum absolute atomic E-state index is 0.332. The third kappa shape index (κ3) is 4.32. The van der Waals surface area contributed by atoms with Crippen LogP contribution in [0.25, 0.3) is 22.2 Å². The maximum atomic E-state index is 11.4. The standard InChI is InChI=1S/C25H25NO2/c1-17(9-8-10-19(3)25(27)28-4)15-22-21-14-13-18(2)16-23(21)26-24(22)20-11-6-5-7-12-20/h5-14,16,26H,3,15H2,1-2,4H3/b10-8-,17-9+. The summed E-state index contributed by atoms with van der Waals surface area (Å²) >= 11 is 0. The fourth-order valence-electron chi connectivity index (χ4n) is 3.27. The average molecular weight is 371 g/mol. The summed E-state index contributed by atoms with van der Waals surface area (Å²) in [5.41, 5.74) is 7.50. The van der Waals surface area contributed by atoms with Gasteiger partial charge in [0.05, 0.1) is 18.4 Å². The number of carbonyl (C=O) groups is 1. The van der Waals surface area contributed by atoms with E-state index in [2.05, 4.69) is 72.6 Å². The molecule has 0 fully saturated rings. The third-order valence-electron chi connectivity index (χ3n) is 4.71. The van der Waals surface area contributed by atoms with E-state index >= 15 is 0 Å². The fourth-order valence-corrected chi connectivity index (χ4v) is 3.27. The molecule has 142 valence electrons. The van der Waals surface area contributed by atoms with Crippen molar-refractivity contribution in [2.75, 3.05) is 7.11 Å². The molecule has 0 spiro atoms. The number of carbonyl (C=O) groups excluding carboxylic acids is 1. The number of hydrogen-bond acceptors (Lipinski definition) is 2. The van der Waals surface area contributed by atoms with Gasteiger partial charge < -0.3 is 9.72 Å². The van der Waals surface area contributed by atoms with E-state index in [0.29, 0.717) is 5.57 Å². The number of esters is 1. The predicted octanol–water partition coefficient (Wildman–Crippen LogP) is 5.92. The molecule has 3 rings (SSSR count). The molecule has 28 heavy (non-hydrogen) atoms. The van der Waals surface area contributed by atoms with Gasteiger partial charge in [-0.05, 0) is 49.1 Å². The molecule has 0 aliphatic heterocycles. The van der Waals surface area contributed by atoms with Crippen LogP contribution in [0, 0.1) is 6.92 Å². The summed E-state index contributed by atoms with van der Waals surface area (Å²) in [4.78, 5) is 15.0. The topological polar surface area (TPSA) is 42.1 Å². The second kappa shape index (κ2) is 8.57. The zero-order chi connectivity index (χ0) is 20.1. The Labute approximate surface area is 166 Å². The molecule has 0 atom stereocenters. The Balaban J connectivity index is 1.95. The number of fused-ring (bicyclic) bond motifs is 1. The highest BCUT2D eigenvalue weighted by atomic mass is 16.5. The van der Waals surface area contributed by atoms with Crippen LogP contribution in [0.4, 0.5) is 0 Å². The zero-order valence-electron chi connectivity index (χ0n) is 16.6. The van der Waals surface area contributed by atoms with E-state index in [1.165, 1.54) is 34.8 Å². The summed E-state index contributed by atoms with van der Waals surface area (Å²) in [6, 6.07) is 16.9. The molecule has 0 saturated carbocycles. The molecule has 3 heteroatoms. The number of allylic oxidation sites excluding steroid dienone is 3. The quantitative estimate of drug-likeness (QED) is 0.332. The first kappa shape index (κ1) is 19.4. The first-order chi connectivity index (χ1) is 13.5. The number of H-pyrrole nitrogens is 1. The molecule has 1 heterocycles. The molecule has 0 radical (unpaired) electrons. The van der Waals surface area contributed by atoms with Gasteiger partial charge in [0, 0.05) is 10.9 Å². The summed E-state index contributed by atoms with van der Waals surface area (Å²) in [6.07, 6.45) is 6.33. The lowest BCUT2D eigenvalue weighted by molar-refractivity contribution is -0.135. The Morgan fingerprint density at radius 3 is 2.64 bits per heavy atom. The summed E-state index contributed by atoms with van der Waals surface area (Å²) in [7, 11) is 1.35. The van der Waals surface area contributed by atoms with Crippen LogP contribution in [0.1, 0.15) is 18.1 Å². The van der Waals surface area contributed by atoms with Gasteiger partial charge in [-0.15, -0.1) is 0 Å². The van der Waals surface area contributed by atoms with Crippen molar-refractivity contribution in [2.24, 2.45) is 0 Å². The van der Waals surface area contributed by atoms with E-state index in [1.54, 1.807) is 6.08 Å². The SMILES string of the molecule is C=C(/C=C\C=C(/C)Cc1c(-c2ccccc2)[nH]c2cc(C)ccc12)C(=O)OC. The van der Waals surface area contributed by atoms with Crippen LogP contribution in [0.3, 0.4) is 0 Å². The first-order valence-corrected chi connectivity index (χ1v) is 9.27. The molecule has 0 unspecified atom stereocenters. The van der Waals surface area contributed by atoms with Crippen LogP contribution in [0.5, 0.6) is 0 Å². The van der Waals surface area contributed by atoms with Gasteiger partial charge in [0.25, 0.3) is 0 Å². The van der Waals surface area contributed by atoms with Gasteiger partial charge in [-0.2, -0.15) is 0 Å². The second-order valence-electron chi connectivity index (χ2n) is 6.96. The molecule has 1 N–H and O–H groups in total. The minimum Gasteiger partial charge on any atom is -0.465 e. The normalized spacial score (nSPS) is 11.9. The Morgan fingerprint density at radius 2 is 1.93 bits per heavy atom. The highest BCUT2D eigenvalue weighted by molar-refractivity contribution is 5.92. The van der Waals surface area contributed by atoms with Crippen LogP contribution in [-0.2, 0) is 16.0 Å². The van der Waals surface area contributed by atoms with Crippen LogP contribution in [-0.4, -0.2) is 18.1 Å². The largest absolute Gasteiger partial charge is 0.465 e. The highest BCUT2D eigenvalue weighted by Gasteiger charge is 2.13. The fraction of sp³-hybridized carbons (Fsp3) is 0.160. The number of benzene rings is 2. The molecule has 3 aromatic rings. The maximum absolute atomic E-state index is 11.4. The van der Waals surface area contributed by atoms with Crippen molar-refractivity contribution < 1.29 is 9.53 Å². The van der Waals surface area contributed by atoms with Crippen molar-refractivity contribution in [2.45, 2.75) is 20.3 Å². The van der Waals surface area contributed by atoms with Gasteiger partial charge in [-0.25, -0.2) is 4.79 Å². The van der Waals surface area contributed by atoms with Gasteiger partial charge in [0.15, 0.2) is 0 Å². The first-order valence-electron chi connectivity index (χ1n) is 9.27. The van der Waals surface area contributed by atoms with Crippen LogP contribution in [0.15, 0.2) is 84.5 Å². The molecule has 3 nitrogen and oxygen atoms in total. The minimum atomic E-state index is -0.416. The number of methoxy groups -OCH3 is 1. The number of hydrogen-bond donors (Lipinski definition) is 1. The molecule has 0 saturated heterocycles. The summed E-state index contributed by atoms with van der Waals surface area (Å²) < 4.78 is 4.66. The van der Waals surface area contributed by atoms with Crippen LogP contribution < -0.4 is 0 Å². The van der Waals surface area contributed by atoms with Crippen molar-refractivity contribution in [3.8, 4) is 11.3 Å². The molecule has 0 amide bonds. The van der Waals surface area contributed by atoms with Gasteiger partial charge in [0.1, 0.15) is 0 Å². The monoisotopic (exact) mass is 371 g/mol. The van der Waals surface area contributed by atoms with Gasteiger partial charge in [-0.3, -0.25) is 0 Å². The highest BCUT2D eigenvalue weighted by Crippen LogP contribution is 2.32. The van der Waals surface area contributed by atoms with Gasteiger partial charge >= 0.3 is 5.97 Å². The molecule has 0 aliphatic rings. The van der Waals surface area contributed by atoms with Gasteiger partial charge in [0.2, 0.25) is 0 Å². The Kier molecular flexibility index (Phi) is 5.95. The lowest BCUT2D eigenvalue weighted by Gasteiger charge is -2.06. The molecule has 0 bridgehead atoms. The Hall–Kier alpha value is -3.33. The second-order valence-corrected chi connectivity index (χ2v) is 6.96. The average Bonchev–Trinajstić information content (AvgIpc) is 3.05. The molecule has 0 aliphatic carbocycles. The van der Waals surface area contributed by atoms with Crippen molar-refractivity contribution in [1.82, 2.24) is 4.98 Å². The van der Waals surface area contributed by atoms with Crippen LogP contribution in [0.2, 0.25) is 0 Å². The predicted molar refractivity (Wildman–Crippen MR) is 116 cm³/mol. The van der Waals surface area contributed by atoms with E-state index in [9.17, 15) is 4.79 Å². The van der Waals surface area contributed by atoms with E-state index in [-0.39, 0.29) is 0 Å². The number of aromatic nitrogens is 1. The summed E-state index contributed by atoms with van der Waals surface area (Å²) in [6.45, 7) is 7.90. The molecule has 1 aromatic heterocycles. The number of ether oxygens (including phenoxy) is 1. The number of rotatable bonds is 6. The van der Waals surface area contributed by atoms with E-state index in [0.717, 1.165) is 17.6 Å². The van der Waals surface area contributed by atoms with Crippen LogP contribution >= 0.6 is 0 Å². The van der Waals surface area contributed by atoms with Crippen molar-refractivity contribution in [3.63, 3.8) is 0 Å². The van der Waals surface area contributed by atoms with E-state index in [4.69, 9.17) is 0 Å². The smallest absolute Gasteiger partial charge is 0.337 e.